The van der Waals surface area contributed by atoms with E-state index in [4.69, 9.17) is 9.72 Å². The summed E-state index contributed by atoms with van der Waals surface area (Å²) in [5.74, 6) is 0.861. The maximum absolute atomic E-state index is 13.1. The van der Waals surface area contributed by atoms with E-state index in [1.54, 1.807) is 33.7 Å². The Morgan fingerprint density at radius 3 is 3.04 bits per heavy atom. The molecule has 1 aliphatic carbocycles. The Morgan fingerprint density at radius 2 is 2.25 bits per heavy atom. The fourth-order valence-corrected chi connectivity index (χ4v) is 5.94. The number of allylic oxidation sites excluding steroid dienone is 1. The highest BCUT2D eigenvalue weighted by molar-refractivity contribution is 7.99. The third-order valence-electron chi connectivity index (χ3n) is 4.77. The Morgan fingerprint density at radius 1 is 1.38 bits per heavy atom. The lowest BCUT2D eigenvalue weighted by atomic mass is 9.97. The highest BCUT2D eigenvalue weighted by Crippen LogP contribution is 2.35. The molecule has 0 unspecified atom stereocenters. The van der Waals surface area contributed by atoms with Gasteiger partial charge >= 0.3 is 0 Å². The molecule has 1 aliphatic heterocycles. The Hall–Kier alpha value is -1.11. The Balaban J connectivity index is 1.75. The van der Waals surface area contributed by atoms with Crippen molar-refractivity contribution in [3.05, 3.63) is 33.4 Å². The van der Waals surface area contributed by atoms with E-state index in [1.807, 2.05) is 0 Å². The zero-order chi connectivity index (χ0) is 16.5. The van der Waals surface area contributed by atoms with Gasteiger partial charge < -0.3 is 4.74 Å². The third-order valence-corrected chi connectivity index (χ3v) is 7.07. The number of ether oxygens (including phenoxy) is 1. The van der Waals surface area contributed by atoms with Gasteiger partial charge in [0.1, 0.15) is 4.83 Å². The smallest absolute Gasteiger partial charge is 0.263 e. The number of hydrogen-bond acceptors (Lipinski definition) is 5. The van der Waals surface area contributed by atoms with Crippen LogP contribution in [0.2, 0.25) is 0 Å². The van der Waals surface area contributed by atoms with Gasteiger partial charge in [-0.1, -0.05) is 17.8 Å². The van der Waals surface area contributed by atoms with Crippen molar-refractivity contribution in [1.29, 1.82) is 0 Å². The maximum atomic E-state index is 13.1. The molecule has 4 nitrogen and oxygen atoms in total. The molecule has 0 saturated carbocycles. The Kier molecular flexibility index (Phi) is 4.79. The van der Waals surface area contributed by atoms with Crippen LogP contribution in [-0.4, -0.2) is 28.0 Å². The van der Waals surface area contributed by atoms with Gasteiger partial charge in [-0.3, -0.25) is 9.36 Å². The molecule has 2 aliphatic rings. The summed E-state index contributed by atoms with van der Waals surface area (Å²) >= 11 is 3.36. The van der Waals surface area contributed by atoms with Gasteiger partial charge in [-0.05, 0) is 44.1 Å². The van der Waals surface area contributed by atoms with Crippen LogP contribution < -0.4 is 5.56 Å². The molecule has 4 rings (SSSR count). The van der Waals surface area contributed by atoms with Crippen molar-refractivity contribution in [3.63, 3.8) is 0 Å². The standard InChI is InChI=1S/C18H22N2O2S2/c1-2-9-20-17(21)15-13-7-3-4-8-14(13)24-16(15)19-18(20)23-11-12-6-5-10-22-12/h2,12H,1,3-11H2/t12-/m0/s1. The number of fused-ring (bicyclic) bond motifs is 3. The van der Waals surface area contributed by atoms with E-state index in [2.05, 4.69) is 6.58 Å². The molecule has 1 fully saturated rings. The summed E-state index contributed by atoms with van der Waals surface area (Å²) < 4.78 is 7.49. The Bertz CT molecular complexity index is 819. The number of thioether (sulfide) groups is 1. The summed E-state index contributed by atoms with van der Waals surface area (Å²) in [5, 5.41) is 1.67. The Labute approximate surface area is 149 Å². The summed E-state index contributed by atoms with van der Waals surface area (Å²) in [6, 6.07) is 0. The predicted octanol–water partition coefficient (Wildman–Crippen LogP) is 3.79. The lowest BCUT2D eigenvalue weighted by molar-refractivity contribution is 0.129. The second kappa shape index (κ2) is 7.02. The summed E-state index contributed by atoms with van der Waals surface area (Å²) in [7, 11) is 0. The molecule has 1 saturated heterocycles. The number of aromatic nitrogens is 2. The highest BCUT2D eigenvalue weighted by atomic mass is 32.2. The number of rotatable bonds is 5. The molecule has 6 heteroatoms. The highest BCUT2D eigenvalue weighted by Gasteiger charge is 2.23. The average Bonchev–Trinajstić information content (AvgIpc) is 3.22. The van der Waals surface area contributed by atoms with E-state index in [1.165, 1.54) is 23.3 Å². The van der Waals surface area contributed by atoms with Gasteiger partial charge in [0.25, 0.3) is 5.56 Å². The number of hydrogen-bond donors (Lipinski definition) is 0. The normalized spacial score (nSPS) is 20.4. The van der Waals surface area contributed by atoms with Crippen LogP contribution in [0, 0.1) is 0 Å². The summed E-state index contributed by atoms with van der Waals surface area (Å²) in [6.45, 7) is 5.18. The molecule has 3 heterocycles. The number of thiophene rings is 1. The van der Waals surface area contributed by atoms with Gasteiger partial charge in [0.05, 0.1) is 11.5 Å². The van der Waals surface area contributed by atoms with Crippen LogP contribution in [0.15, 0.2) is 22.6 Å². The fraction of sp³-hybridized carbons (Fsp3) is 0.556. The number of aryl methyl sites for hydroxylation is 2. The molecule has 0 aromatic carbocycles. The van der Waals surface area contributed by atoms with Crippen molar-refractivity contribution < 1.29 is 4.74 Å². The molecular weight excluding hydrogens is 340 g/mol. The number of nitrogens with zero attached hydrogens (tertiary/aromatic N) is 2. The van der Waals surface area contributed by atoms with Crippen LogP contribution in [0.1, 0.15) is 36.1 Å². The van der Waals surface area contributed by atoms with Crippen molar-refractivity contribution in [2.45, 2.75) is 56.3 Å². The first-order valence-electron chi connectivity index (χ1n) is 8.68. The first-order valence-corrected chi connectivity index (χ1v) is 10.5. The lowest BCUT2D eigenvalue weighted by Gasteiger charge is -2.13. The lowest BCUT2D eigenvalue weighted by Crippen LogP contribution is -2.24. The molecule has 128 valence electrons. The maximum Gasteiger partial charge on any atom is 0.263 e. The van der Waals surface area contributed by atoms with Gasteiger partial charge in [0, 0.05) is 23.8 Å². The predicted molar refractivity (Wildman–Crippen MR) is 100 cm³/mol. The van der Waals surface area contributed by atoms with E-state index in [9.17, 15) is 4.79 Å². The van der Waals surface area contributed by atoms with Gasteiger partial charge in [0.2, 0.25) is 0 Å². The van der Waals surface area contributed by atoms with Gasteiger partial charge in [0.15, 0.2) is 5.16 Å². The van der Waals surface area contributed by atoms with Crippen molar-refractivity contribution >= 4 is 33.3 Å². The van der Waals surface area contributed by atoms with Gasteiger partial charge in [-0.15, -0.1) is 17.9 Å². The van der Waals surface area contributed by atoms with Crippen LogP contribution in [0.3, 0.4) is 0 Å². The second-order valence-corrected chi connectivity index (χ2v) is 8.51. The molecule has 0 radical (unpaired) electrons. The first kappa shape index (κ1) is 16.4. The molecule has 0 amide bonds. The first-order chi connectivity index (χ1) is 11.8. The SMILES string of the molecule is C=CCn1c(SC[C@@H]2CCCO2)nc2sc3c(c2c1=O)CCCC3. The topological polar surface area (TPSA) is 44.1 Å². The van der Waals surface area contributed by atoms with Crippen molar-refractivity contribution in [2.75, 3.05) is 12.4 Å². The van der Waals surface area contributed by atoms with Crippen molar-refractivity contribution in [2.24, 2.45) is 0 Å². The monoisotopic (exact) mass is 362 g/mol. The molecule has 0 spiro atoms. The minimum atomic E-state index is 0.106. The minimum absolute atomic E-state index is 0.106. The molecule has 1 atom stereocenters. The molecular formula is C18H22N2O2S2. The summed E-state index contributed by atoms with van der Waals surface area (Å²) in [6.07, 6.45) is 8.82. The molecule has 0 N–H and O–H groups in total. The second-order valence-electron chi connectivity index (χ2n) is 6.44. The molecule has 24 heavy (non-hydrogen) atoms. The van der Waals surface area contributed by atoms with Gasteiger partial charge in [-0.25, -0.2) is 4.98 Å². The van der Waals surface area contributed by atoms with Crippen LogP contribution >= 0.6 is 23.1 Å². The van der Waals surface area contributed by atoms with E-state index < -0.39 is 0 Å². The average molecular weight is 363 g/mol. The van der Waals surface area contributed by atoms with Crippen LogP contribution in [0.25, 0.3) is 10.2 Å². The van der Waals surface area contributed by atoms with Crippen LogP contribution in [-0.2, 0) is 24.1 Å². The zero-order valence-electron chi connectivity index (χ0n) is 13.8. The summed E-state index contributed by atoms with van der Waals surface area (Å²) in [4.78, 5) is 20.3. The largest absolute Gasteiger partial charge is 0.377 e. The quantitative estimate of drug-likeness (QED) is 0.461. The van der Waals surface area contributed by atoms with Crippen LogP contribution in [0.4, 0.5) is 0 Å². The van der Waals surface area contributed by atoms with E-state index >= 15 is 0 Å². The molecule has 2 aromatic rings. The van der Waals surface area contributed by atoms with Crippen molar-refractivity contribution in [3.8, 4) is 0 Å². The van der Waals surface area contributed by atoms with Crippen LogP contribution in [0.5, 0.6) is 0 Å². The van der Waals surface area contributed by atoms with E-state index in [-0.39, 0.29) is 11.7 Å². The zero-order valence-corrected chi connectivity index (χ0v) is 15.4. The van der Waals surface area contributed by atoms with Gasteiger partial charge in [-0.2, -0.15) is 0 Å². The van der Waals surface area contributed by atoms with E-state index in [0.29, 0.717) is 6.54 Å². The van der Waals surface area contributed by atoms with E-state index in [0.717, 1.165) is 53.4 Å². The molecule has 0 bridgehead atoms. The summed E-state index contributed by atoms with van der Waals surface area (Å²) in [5.41, 5.74) is 1.36. The fourth-order valence-electron chi connectivity index (χ4n) is 3.56. The van der Waals surface area contributed by atoms with Crippen molar-refractivity contribution in [1.82, 2.24) is 9.55 Å². The molecule has 2 aromatic heterocycles. The third kappa shape index (κ3) is 2.95. The minimum Gasteiger partial charge on any atom is -0.377 e.